The molecule has 0 heterocycles. The molecule has 0 spiro atoms. The zero-order chi connectivity index (χ0) is 29.3. The van der Waals surface area contributed by atoms with Gasteiger partial charge in [-0.25, -0.2) is 0 Å². The van der Waals surface area contributed by atoms with Gasteiger partial charge in [0.2, 0.25) is 5.91 Å². The summed E-state index contributed by atoms with van der Waals surface area (Å²) >= 11 is 31.4. The Morgan fingerprint density at radius 3 is 1.80 bits per heavy atom. The lowest BCUT2D eigenvalue weighted by Crippen LogP contribution is -2.18. The Labute approximate surface area is 260 Å². The van der Waals surface area contributed by atoms with Gasteiger partial charge in [0.15, 0.2) is 0 Å². The maximum Gasteiger partial charge on any atom is 0.257 e. The molecule has 1 fully saturated rings. The summed E-state index contributed by atoms with van der Waals surface area (Å²) in [5.74, 6) is -2.46. The lowest BCUT2D eigenvalue weighted by molar-refractivity contribution is -0.117. The summed E-state index contributed by atoms with van der Waals surface area (Å²) < 4.78 is -1.35. The normalized spacial score (nSPS) is 16.9. The Morgan fingerprint density at radius 2 is 1.20 bits per heavy atom. The van der Waals surface area contributed by atoms with E-state index >= 15 is 0 Å². The average Bonchev–Trinajstić information content (AvgIpc) is 3.52. The van der Waals surface area contributed by atoms with Crippen LogP contribution in [0.5, 0.6) is 0 Å². The molecule has 3 N–H and O–H groups in total. The van der Waals surface area contributed by atoms with Crippen LogP contribution in [0.4, 0.5) is 17.1 Å². The number of nitrogens with one attached hydrogen (secondary N) is 3. The van der Waals surface area contributed by atoms with E-state index in [1.54, 1.807) is 72.8 Å². The van der Waals surface area contributed by atoms with Crippen LogP contribution in [0.25, 0.3) is 0 Å². The highest BCUT2D eigenvalue weighted by molar-refractivity contribution is 6.53. The predicted octanol–water partition coefficient (Wildman–Crippen LogP) is 8.68. The van der Waals surface area contributed by atoms with Gasteiger partial charge < -0.3 is 16.0 Å². The maximum absolute atomic E-state index is 13.1. The van der Waals surface area contributed by atoms with Crippen molar-refractivity contribution < 1.29 is 14.4 Å². The largest absolute Gasteiger partial charge is 0.326 e. The molecule has 0 radical (unpaired) electrons. The van der Waals surface area contributed by atoms with Crippen LogP contribution in [0, 0.1) is 5.92 Å². The highest BCUT2D eigenvalue weighted by Gasteiger charge is 2.67. The third kappa shape index (κ3) is 6.64. The van der Waals surface area contributed by atoms with Gasteiger partial charge in [0, 0.05) is 38.6 Å². The molecule has 6 nitrogen and oxygen atoms in total. The van der Waals surface area contributed by atoms with Gasteiger partial charge in [0.25, 0.3) is 11.8 Å². The number of carbonyl (C=O) groups is 3. The number of hydrogen-bond donors (Lipinski definition) is 3. The summed E-state index contributed by atoms with van der Waals surface area (Å²) in [5, 5.41) is 9.32. The molecule has 0 aromatic heterocycles. The fraction of sp³-hybridized carbons (Fsp3) is 0.100. The fourth-order valence-electron chi connectivity index (χ4n) is 4.45. The summed E-state index contributed by atoms with van der Waals surface area (Å²) in [6, 6.07) is 24.9. The van der Waals surface area contributed by atoms with Crippen molar-refractivity contribution in [2.75, 3.05) is 16.0 Å². The van der Waals surface area contributed by atoms with E-state index in [1.807, 2.05) is 6.07 Å². The fourth-order valence-corrected chi connectivity index (χ4v) is 6.02. The molecule has 0 bridgehead atoms. The van der Waals surface area contributed by atoms with Crippen LogP contribution >= 0.6 is 58.0 Å². The first-order chi connectivity index (χ1) is 19.5. The Hall–Kier alpha value is -3.26. The van der Waals surface area contributed by atoms with E-state index in [1.165, 1.54) is 12.1 Å². The van der Waals surface area contributed by atoms with Crippen LogP contribution in [-0.4, -0.2) is 22.1 Å². The van der Waals surface area contributed by atoms with Crippen molar-refractivity contribution in [1.29, 1.82) is 0 Å². The van der Waals surface area contributed by atoms with E-state index in [-0.39, 0.29) is 16.5 Å². The molecule has 2 atom stereocenters. The lowest BCUT2D eigenvalue weighted by atomic mass is 10.1. The summed E-state index contributed by atoms with van der Waals surface area (Å²) in [6.45, 7) is 0. The van der Waals surface area contributed by atoms with Crippen LogP contribution in [0.3, 0.4) is 0 Å². The molecule has 1 saturated carbocycles. The number of carbonyl (C=O) groups excluding carboxylic acids is 3. The van der Waals surface area contributed by atoms with Crippen LogP contribution in [0.1, 0.15) is 32.2 Å². The number of halogens is 5. The highest BCUT2D eigenvalue weighted by Crippen LogP contribution is 2.65. The van der Waals surface area contributed by atoms with Crippen LogP contribution in [0.15, 0.2) is 91.0 Å². The molecular weight excluding hydrogens is 628 g/mol. The van der Waals surface area contributed by atoms with Crippen LogP contribution in [-0.2, 0) is 4.79 Å². The quantitative estimate of drug-likeness (QED) is 0.176. The molecule has 1 aliphatic carbocycles. The van der Waals surface area contributed by atoms with Crippen LogP contribution < -0.4 is 16.0 Å². The Balaban J connectivity index is 1.24. The van der Waals surface area contributed by atoms with Crippen molar-refractivity contribution in [3.05, 3.63) is 123 Å². The van der Waals surface area contributed by atoms with E-state index < -0.39 is 28.0 Å². The number of anilines is 3. The van der Waals surface area contributed by atoms with Gasteiger partial charge >= 0.3 is 0 Å². The number of rotatable bonds is 7. The SMILES string of the molecule is O=C(Nc1ccc(NC(=O)c2cc(NC(=O)[C@@H]3[C@@H](c4cc(Cl)cc(Cl)c4)C3(Cl)Cl)ccc2Cl)cc1)c1ccccc1. The Morgan fingerprint density at radius 1 is 0.634 bits per heavy atom. The zero-order valence-electron chi connectivity index (χ0n) is 20.9. The molecule has 0 unspecified atom stereocenters. The van der Waals surface area contributed by atoms with Crippen molar-refractivity contribution in [3.63, 3.8) is 0 Å². The van der Waals surface area contributed by atoms with E-state index in [9.17, 15) is 14.4 Å². The topological polar surface area (TPSA) is 87.3 Å². The smallest absolute Gasteiger partial charge is 0.257 e. The van der Waals surface area contributed by atoms with E-state index in [0.717, 1.165) is 0 Å². The van der Waals surface area contributed by atoms with E-state index in [2.05, 4.69) is 16.0 Å². The number of amides is 3. The Bertz CT molecular complexity index is 1630. The second-order valence-corrected chi connectivity index (χ2v) is 12.1. The van der Waals surface area contributed by atoms with Crippen molar-refractivity contribution in [1.82, 2.24) is 0 Å². The molecule has 11 heteroatoms. The third-order valence-electron chi connectivity index (χ3n) is 6.50. The summed E-state index contributed by atoms with van der Waals surface area (Å²) in [5.41, 5.74) is 2.70. The highest BCUT2D eigenvalue weighted by atomic mass is 35.5. The first-order valence-electron chi connectivity index (χ1n) is 12.2. The molecule has 41 heavy (non-hydrogen) atoms. The Kier molecular flexibility index (Phi) is 8.50. The monoisotopic (exact) mass is 645 g/mol. The molecule has 4 aromatic rings. The molecular formula is C30H20Cl5N3O3. The van der Waals surface area contributed by atoms with Crippen molar-refractivity contribution in [3.8, 4) is 0 Å². The predicted molar refractivity (Wildman–Crippen MR) is 166 cm³/mol. The third-order valence-corrected chi connectivity index (χ3v) is 8.20. The molecule has 5 rings (SSSR count). The molecule has 4 aromatic carbocycles. The van der Waals surface area contributed by atoms with Gasteiger partial charge in [-0.05, 0) is 78.4 Å². The minimum absolute atomic E-state index is 0.142. The van der Waals surface area contributed by atoms with Gasteiger partial charge in [0.1, 0.15) is 4.33 Å². The molecule has 0 saturated heterocycles. The van der Waals surface area contributed by atoms with E-state index in [4.69, 9.17) is 58.0 Å². The standard InChI is InChI=1S/C30H20Cl5N3O3/c31-18-12-17(13-19(32)14-18)25-26(30(25,34)35)29(41)38-22-10-11-24(33)23(15-22)28(40)37-21-8-6-20(7-9-21)36-27(39)16-4-2-1-3-5-16/h1-15,25-26H,(H,36,39)(H,37,40)(H,38,41)/t25-,26+/m1/s1. The van der Waals surface area contributed by atoms with Gasteiger partial charge in [-0.2, -0.15) is 0 Å². The number of benzene rings is 4. The summed E-state index contributed by atoms with van der Waals surface area (Å²) in [7, 11) is 0. The minimum atomic E-state index is -1.35. The number of hydrogen-bond acceptors (Lipinski definition) is 3. The summed E-state index contributed by atoms with van der Waals surface area (Å²) in [6.07, 6.45) is 0. The van der Waals surface area contributed by atoms with Gasteiger partial charge in [0.05, 0.1) is 16.5 Å². The second-order valence-electron chi connectivity index (χ2n) is 9.37. The zero-order valence-corrected chi connectivity index (χ0v) is 24.7. The summed E-state index contributed by atoms with van der Waals surface area (Å²) in [4.78, 5) is 38.5. The van der Waals surface area contributed by atoms with Gasteiger partial charge in [-0.1, -0.05) is 53.0 Å². The van der Waals surface area contributed by atoms with E-state index in [0.29, 0.717) is 38.2 Å². The molecule has 3 amide bonds. The average molecular weight is 648 g/mol. The maximum atomic E-state index is 13.1. The van der Waals surface area contributed by atoms with Crippen molar-refractivity contribution in [2.45, 2.75) is 10.3 Å². The molecule has 208 valence electrons. The van der Waals surface area contributed by atoms with Crippen molar-refractivity contribution in [2.24, 2.45) is 5.92 Å². The second kappa shape index (κ2) is 11.9. The molecule has 1 aliphatic rings. The first kappa shape index (κ1) is 29.2. The van der Waals surface area contributed by atoms with Crippen molar-refractivity contribution >= 4 is 92.8 Å². The molecule has 0 aliphatic heterocycles. The van der Waals surface area contributed by atoms with Gasteiger partial charge in [-0.3, -0.25) is 14.4 Å². The lowest BCUT2D eigenvalue weighted by Gasteiger charge is -2.11. The first-order valence-corrected chi connectivity index (χ1v) is 14.1. The van der Waals surface area contributed by atoms with Crippen LogP contribution in [0.2, 0.25) is 15.1 Å². The number of alkyl halides is 2. The minimum Gasteiger partial charge on any atom is -0.326 e. The van der Waals surface area contributed by atoms with Gasteiger partial charge in [-0.15, -0.1) is 23.2 Å².